The van der Waals surface area contributed by atoms with E-state index in [-0.39, 0.29) is 17.5 Å². The van der Waals surface area contributed by atoms with Gasteiger partial charge in [-0.2, -0.15) is 0 Å². The molecule has 2 aromatic rings. The normalized spacial score (nSPS) is 15.5. The predicted molar refractivity (Wildman–Crippen MR) is 103 cm³/mol. The molecule has 0 radical (unpaired) electrons. The number of rotatable bonds is 5. The van der Waals surface area contributed by atoms with Crippen molar-refractivity contribution in [1.82, 2.24) is 4.57 Å². The van der Waals surface area contributed by atoms with Crippen molar-refractivity contribution in [3.05, 3.63) is 45.2 Å². The van der Waals surface area contributed by atoms with E-state index in [0.717, 1.165) is 6.42 Å². The number of carboxylic acid groups (broad SMARTS) is 1. The van der Waals surface area contributed by atoms with Gasteiger partial charge in [0.1, 0.15) is 23.7 Å². The van der Waals surface area contributed by atoms with E-state index in [1.165, 1.54) is 12.3 Å². The Morgan fingerprint density at radius 2 is 2.15 bits per heavy atom. The molecule has 7 heteroatoms. The summed E-state index contributed by atoms with van der Waals surface area (Å²) >= 11 is 6.38. The quantitative estimate of drug-likeness (QED) is 0.824. The number of aromatic carboxylic acids is 1. The molecule has 0 aliphatic carbocycles. The maximum absolute atomic E-state index is 12.3. The van der Waals surface area contributed by atoms with Crippen LogP contribution in [0.25, 0.3) is 11.3 Å². The number of aromatic nitrogens is 1. The van der Waals surface area contributed by atoms with Gasteiger partial charge >= 0.3 is 5.97 Å². The number of carboxylic acids is 1. The first kappa shape index (κ1) is 19.3. The summed E-state index contributed by atoms with van der Waals surface area (Å²) in [5, 5.41) is 9.75. The molecule has 1 aromatic heterocycles. The zero-order valence-electron chi connectivity index (χ0n) is 15.5. The van der Waals surface area contributed by atoms with Gasteiger partial charge in [0.15, 0.2) is 5.43 Å². The van der Waals surface area contributed by atoms with Crippen LogP contribution in [-0.4, -0.2) is 28.9 Å². The fourth-order valence-electron chi connectivity index (χ4n) is 3.15. The molecule has 0 bridgehead atoms. The Kier molecular flexibility index (Phi) is 5.46. The lowest BCUT2D eigenvalue weighted by Gasteiger charge is -2.24. The van der Waals surface area contributed by atoms with E-state index in [0.29, 0.717) is 41.0 Å². The molecule has 1 aliphatic heterocycles. The molecule has 6 nitrogen and oxygen atoms in total. The second-order valence-electron chi connectivity index (χ2n) is 6.90. The number of ether oxygens (including phenoxy) is 2. The summed E-state index contributed by atoms with van der Waals surface area (Å²) in [6.07, 6.45) is 2.25. The minimum atomic E-state index is -1.25. The van der Waals surface area contributed by atoms with Crippen LogP contribution >= 0.6 is 11.6 Å². The molecule has 1 N–H and O–H groups in total. The van der Waals surface area contributed by atoms with E-state index < -0.39 is 11.4 Å². The molecule has 3 rings (SSSR count). The number of halogens is 1. The Balaban J connectivity index is 2.23. The highest BCUT2D eigenvalue weighted by atomic mass is 35.5. The lowest BCUT2D eigenvalue weighted by Crippen LogP contribution is -2.25. The van der Waals surface area contributed by atoms with Gasteiger partial charge in [-0.05, 0) is 18.4 Å². The second kappa shape index (κ2) is 7.64. The second-order valence-corrected chi connectivity index (χ2v) is 7.31. The minimum Gasteiger partial charge on any atom is -0.492 e. The molecule has 0 spiro atoms. The lowest BCUT2D eigenvalue weighted by molar-refractivity contribution is 0.0694. The first-order chi connectivity index (χ1) is 12.8. The molecule has 1 aromatic carbocycles. The van der Waals surface area contributed by atoms with Crippen molar-refractivity contribution >= 4 is 17.6 Å². The van der Waals surface area contributed by atoms with Crippen molar-refractivity contribution in [3.8, 4) is 22.8 Å². The summed E-state index contributed by atoms with van der Waals surface area (Å²) in [6, 6.07) is 4.64. The summed E-state index contributed by atoms with van der Waals surface area (Å²) in [5.74, 6) is -0.000714. The molecule has 1 atom stereocenters. The molecule has 0 fully saturated rings. The van der Waals surface area contributed by atoms with Gasteiger partial charge in [0.2, 0.25) is 0 Å². The lowest BCUT2D eigenvalue weighted by atomic mass is 10.0. The van der Waals surface area contributed by atoms with Crippen LogP contribution in [0.3, 0.4) is 0 Å². The van der Waals surface area contributed by atoms with Gasteiger partial charge in [-0.25, -0.2) is 4.79 Å². The first-order valence-corrected chi connectivity index (χ1v) is 9.30. The Morgan fingerprint density at radius 3 is 2.78 bits per heavy atom. The molecular weight excluding hydrogens is 370 g/mol. The smallest absolute Gasteiger partial charge is 0.341 e. The van der Waals surface area contributed by atoms with Crippen LogP contribution in [0.1, 0.15) is 43.6 Å². The largest absolute Gasteiger partial charge is 0.492 e. The van der Waals surface area contributed by atoms with Gasteiger partial charge in [-0.1, -0.05) is 32.4 Å². The SMILES string of the molecule is CCCOc1cc2c(cc1Cl)-c1cc(=O)c(C(=O)O)cn1[C@H](C(C)C)CO2. The number of carbonyl (C=O) groups is 1. The third-order valence-corrected chi connectivity index (χ3v) is 4.91. The minimum absolute atomic E-state index is 0.134. The van der Waals surface area contributed by atoms with E-state index in [1.807, 2.05) is 25.3 Å². The van der Waals surface area contributed by atoms with Gasteiger partial charge in [-0.15, -0.1) is 0 Å². The average molecular weight is 392 g/mol. The average Bonchev–Trinajstić information content (AvgIpc) is 2.75. The van der Waals surface area contributed by atoms with Crippen molar-refractivity contribution in [2.45, 2.75) is 33.2 Å². The summed E-state index contributed by atoms with van der Waals surface area (Å²) in [7, 11) is 0. The summed E-state index contributed by atoms with van der Waals surface area (Å²) in [6.45, 7) is 6.92. The summed E-state index contributed by atoms with van der Waals surface area (Å²) in [5.41, 5.74) is 0.412. The number of hydrogen-bond acceptors (Lipinski definition) is 4. The maximum atomic E-state index is 12.3. The number of benzene rings is 1. The monoisotopic (exact) mass is 391 g/mol. The number of fused-ring (bicyclic) bond motifs is 3. The van der Waals surface area contributed by atoms with Gasteiger partial charge < -0.3 is 19.1 Å². The standard InChI is InChI=1S/C20H22ClNO5/c1-4-5-26-19-8-18-12(6-14(19)21)15-7-17(23)13(20(24)25)9-22(15)16(10-27-18)11(2)3/h6-9,11,16H,4-5,10H2,1-3H3,(H,24,25)/t16-/m0/s1. The topological polar surface area (TPSA) is 77.8 Å². The molecule has 0 unspecified atom stereocenters. The van der Waals surface area contributed by atoms with E-state index in [1.54, 1.807) is 12.1 Å². The third kappa shape index (κ3) is 3.67. The van der Waals surface area contributed by atoms with Crippen LogP contribution in [0, 0.1) is 5.92 Å². The molecule has 0 amide bonds. The van der Waals surface area contributed by atoms with Crippen molar-refractivity contribution in [3.63, 3.8) is 0 Å². The molecule has 0 saturated heterocycles. The zero-order chi connectivity index (χ0) is 19.7. The maximum Gasteiger partial charge on any atom is 0.341 e. The van der Waals surface area contributed by atoms with Gasteiger partial charge in [0.25, 0.3) is 0 Å². The van der Waals surface area contributed by atoms with Crippen molar-refractivity contribution in [1.29, 1.82) is 0 Å². The van der Waals surface area contributed by atoms with Crippen LogP contribution in [0.5, 0.6) is 11.5 Å². The molecule has 144 valence electrons. The van der Waals surface area contributed by atoms with Crippen LogP contribution in [0.2, 0.25) is 5.02 Å². The van der Waals surface area contributed by atoms with Crippen molar-refractivity contribution in [2.24, 2.45) is 5.92 Å². The third-order valence-electron chi connectivity index (χ3n) is 4.62. The highest BCUT2D eigenvalue weighted by Gasteiger charge is 2.27. The molecule has 1 aliphatic rings. The highest BCUT2D eigenvalue weighted by Crippen LogP contribution is 2.42. The van der Waals surface area contributed by atoms with Crippen LogP contribution < -0.4 is 14.9 Å². The zero-order valence-corrected chi connectivity index (χ0v) is 16.2. The van der Waals surface area contributed by atoms with Crippen LogP contribution in [-0.2, 0) is 0 Å². The number of nitrogens with zero attached hydrogens (tertiary/aromatic N) is 1. The van der Waals surface area contributed by atoms with E-state index >= 15 is 0 Å². The highest BCUT2D eigenvalue weighted by molar-refractivity contribution is 6.32. The Labute approximate surface area is 162 Å². The van der Waals surface area contributed by atoms with Gasteiger partial charge in [0, 0.05) is 23.9 Å². The Hall–Kier alpha value is -2.47. The van der Waals surface area contributed by atoms with Gasteiger partial charge in [-0.3, -0.25) is 4.79 Å². The fourth-order valence-corrected chi connectivity index (χ4v) is 3.36. The van der Waals surface area contributed by atoms with Crippen LogP contribution in [0.4, 0.5) is 0 Å². The summed E-state index contributed by atoms with van der Waals surface area (Å²) < 4.78 is 13.5. The van der Waals surface area contributed by atoms with E-state index in [2.05, 4.69) is 0 Å². The van der Waals surface area contributed by atoms with E-state index in [9.17, 15) is 14.7 Å². The summed E-state index contributed by atoms with van der Waals surface area (Å²) in [4.78, 5) is 23.8. The van der Waals surface area contributed by atoms with Crippen molar-refractivity contribution in [2.75, 3.05) is 13.2 Å². The molecular formula is C20H22ClNO5. The Bertz CT molecular complexity index is 935. The number of pyridine rings is 1. The first-order valence-electron chi connectivity index (χ1n) is 8.92. The van der Waals surface area contributed by atoms with E-state index in [4.69, 9.17) is 21.1 Å². The van der Waals surface area contributed by atoms with Gasteiger partial charge in [0.05, 0.1) is 23.4 Å². The predicted octanol–water partition coefficient (Wildman–Crippen LogP) is 4.25. The molecule has 27 heavy (non-hydrogen) atoms. The fraction of sp³-hybridized carbons (Fsp3) is 0.400. The number of hydrogen-bond donors (Lipinski definition) is 1. The Morgan fingerprint density at radius 1 is 1.41 bits per heavy atom. The van der Waals surface area contributed by atoms with Crippen LogP contribution in [0.15, 0.2) is 29.2 Å². The van der Waals surface area contributed by atoms with Crippen molar-refractivity contribution < 1.29 is 19.4 Å². The molecule has 2 heterocycles. The molecule has 0 saturated carbocycles.